The van der Waals surface area contributed by atoms with Gasteiger partial charge in [0.2, 0.25) is 0 Å². The van der Waals surface area contributed by atoms with Crippen molar-refractivity contribution in [1.82, 2.24) is 10.2 Å². The molecule has 1 aromatic heterocycles. The number of aromatic carboxylic acids is 1. The average Bonchev–Trinajstić information content (AvgIpc) is 2.84. The normalized spacial score (nSPS) is 10.0. The first-order valence-electron chi connectivity index (χ1n) is 9.42. The van der Waals surface area contributed by atoms with Gasteiger partial charge in [-0.1, -0.05) is 0 Å². The minimum atomic E-state index is -1.38. The Kier molecular flexibility index (Phi) is 6.78. The molecule has 2 aromatic carbocycles. The number of aromatic nitrogens is 2. The maximum absolute atomic E-state index is 12.7. The van der Waals surface area contributed by atoms with Crippen molar-refractivity contribution < 1.29 is 29.3 Å². The van der Waals surface area contributed by atoms with E-state index in [-0.39, 0.29) is 28.1 Å². The summed E-state index contributed by atoms with van der Waals surface area (Å²) in [7, 11) is 1.16. The second-order valence-corrected chi connectivity index (χ2v) is 6.67. The highest BCUT2D eigenvalue weighted by molar-refractivity contribution is 6.48. The third-order valence-electron chi connectivity index (χ3n) is 4.58. The molecule has 0 unspecified atom stereocenters. The van der Waals surface area contributed by atoms with Crippen LogP contribution >= 0.6 is 0 Å². The smallest absolute Gasteiger partial charge is 0.411 e. The van der Waals surface area contributed by atoms with Crippen LogP contribution < -0.4 is 10.6 Å². The lowest BCUT2D eigenvalue weighted by molar-refractivity contribution is -0.110. The number of carbonyl (C=O) groups is 3. The predicted molar refractivity (Wildman–Crippen MR) is 119 cm³/mol. The van der Waals surface area contributed by atoms with Crippen molar-refractivity contribution in [3.8, 4) is 22.9 Å². The average molecular weight is 460 g/mol. The maximum atomic E-state index is 12.7. The first-order valence-corrected chi connectivity index (χ1v) is 9.42. The minimum absolute atomic E-state index is 0.0763. The van der Waals surface area contributed by atoms with E-state index in [1.807, 2.05) is 0 Å². The molecule has 34 heavy (non-hydrogen) atoms. The number of hydrogen-bond donors (Lipinski definition) is 5. The molecule has 0 saturated heterocycles. The number of amides is 2. The van der Waals surface area contributed by atoms with Crippen LogP contribution in [0.5, 0.6) is 5.75 Å². The number of phenolic OH excluding ortho intramolecular Hbond substituents is 1. The van der Waals surface area contributed by atoms with E-state index in [2.05, 4.69) is 25.6 Å². The van der Waals surface area contributed by atoms with Crippen molar-refractivity contribution in [2.75, 3.05) is 17.7 Å². The SMILES string of the molecule is COC(=O)Nc1cc(O)c(C(=N)C(=O)Nc2ccc(C#N)cc2C(=O)O)cc1-c1ccnnc1. The van der Waals surface area contributed by atoms with Gasteiger partial charge in [-0.25, -0.2) is 9.59 Å². The van der Waals surface area contributed by atoms with Gasteiger partial charge in [-0.15, -0.1) is 0 Å². The van der Waals surface area contributed by atoms with Crippen LogP contribution in [0, 0.1) is 16.7 Å². The molecule has 0 aliphatic carbocycles. The molecule has 3 rings (SSSR count). The standard InChI is InChI=1S/C22H16N6O6/c1-34-22(33)28-17-8-18(29)15(7-13(17)12-4-5-25-26-10-12)19(24)20(30)27-16-3-2-11(9-23)6-14(16)21(31)32/h2-8,10,24,29H,1H3,(H,27,30)(H,28,33)(H,31,32). The molecule has 12 heteroatoms. The van der Waals surface area contributed by atoms with Gasteiger partial charge in [0.15, 0.2) is 0 Å². The Hall–Kier alpha value is -5.31. The number of hydrogen-bond acceptors (Lipinski definition) is 9. The third-order valence-corrected chi connectivity index (χ3v) is 4.58. The summed E-state index contributed by atoms with van der Waals surface area (Å²) >= 11 is 0. The Balaban J connectivity index is 2.00. The molecule has 170 valence electrons. The van der Waals surface area contributed by atoms with Crippen LogP contribution in [0.25, 0.3) is 11.1 Å². The van der Waals surface area contributed by atoms with Gasteiger partial charge in [0.25, 0.3) is 5.91 Å². The van der Waals surface area contributed by atoms with Crippen LogP contribution in [-0.4, -0.2) is 51.2 Å². The highest BCUT2D eigenvalue weighted by Gasteiger charge is 2.22. The van der Waals surface area contributed by atoms with Crippen molar-refractivity contribution in [2.24, 2.45) is 0 Å². The third kappa shape index (κ3) is 4.94. The van der Waals surface area contributed by atoms with Crippen molar-refractivity contribution in [3.05, 3.63) is 65.5 Å². The number of nitrogens with one attached hydrogen (secondary N) is 3. The molecule has 0 aliphatic heterocycles. The van der Waals surface area contributed by atoms with E-state index in [1.54, 1.807) is 12.1 Å². The van der Waals surface area contributed by atoms with Crippen LogP contribution in [-0.2, 0) is 9.53 Å². The van der Waals surface area contributed by atoms with Crippen LogP contribution in [0.4, 0.5) is 16.2 Å². The molecule has 0 aliphatic rings. The predicted octanol–water partition coefficient (Wildman–Crippen LogP) is 2.60. The number of carboxylic acids is 1. The van der Waals surface area contributed by atoms with Crippen LogP contribution in [0.3, 0.4) is 0 Å². The highest BCUT2D eigenvalue weighted by Crippen LogP contribution is 2.34. The molecule has 0 atom stereocenters. The Morgan fingerprint density at radius 2 is 1.82 bits per heavy atom. The molecule has 0 fully saturated rings. The molecule has 5 N–H and O–H groups in total. The van der Waals surface area contributed by atoms with Gasteiger partial charge in [0, 0.05) is 22.8 Å². The lowest BCUT2D eigenvalue weighted by Gasteiger charge is -2.15. The van der Waals surface area contributed by atoms with E-state index in [9.17, 15) is 24.6 Å². The van der Waals surface area contributed by atoms with Gasteiger partial charge in [-0.05, 0) is 30.3 Å². The quantitative estimate of drug-likeness (QED) is 0.343. The fourth-order valence-electron chi connectivity index (χ4n) is 2.95. The van der Waals surface area contributed by atoms with E-state index < -0.39 is 29.4 Å². The van der Waals surface area contributed by atoms with Crippen molar-refractivity contribution in [2.45, 2.75) is 0 Å². The molecule has 2 amide bonds. The molecular weight excluding hydrogens is 444 g/mol. The highest BCUT2D eigenvalue weighted by atomic mass is 16.5. The van der Waals surface area contributed by atoms with E-state index in [0.29, 0.717) is 11.1 Å². The molecule has 1 heterocycles. The summed E-state index contributed by atoms with van der Waals surface area (Å²) in [6, 6.07) is 9.41. The molecular formula is C22H16N6O6. The summed E-state index contributed by atoms with van der Waals surface area (Å²) in [4.78, 5) is 36.0. The molecule has 0 radical (unpaired) electrons. The van der Waals surface area contributed by atoms with Crippen LogP contribution in [0.2, 0.25) is 0 Å². The van der Waals surface area contributed by atoms with Gasteiger partial charge < -0.3 is 20.3 Å². The number of methoxy groups -OCH3 is 1. The summed E-state index contributed by atoms with van der Waals surface area (Å²) < 4.78 is 4.58. The number of rotatable bonds is 6. The van der Waals surface area contributed by atoms with Crippen molar-refractivity contribution in [1.29, 1.82) is 10.7 Å². The van der Waals surface area contributed by atoms with Crippen LogP contribution in [0.1, 0.15) is 21.5 Å². The number of carboxylic acid groups (broad SMARTS) is 1. The number of phenols is 1. The Morgan fingerprint density at radius 1 is 1.06 bits per heavy atom. The van der Waals surface area contributed by atoms with E-state index in [1.165, 1.54) is 30.6 Å². The number of nitrogens with zero attached hydrogens (tertiary/aromatic N) is 3. The first kappa shape index (κ1) is 23.4. The number of anilines is 2. The lowest BCUT2D eigenvalue weighted by Crippen LogP contribution is -2.24. The number of aromatic hydroxyl groups is 1. The molecule has 3 aromatic rings. The molecule has 0 bridgehead atoms. The van der Waals surface area contributed by atoms with Crippen molar-refractivity contribution in [3.63, 3.8) is 0 Å². The minimum Gasteiger partial charge on any atom is -0.507 e. The summed E-state index contributed by atoms with van der Waals surface area (Å²) in [6.45, 7) is 0. The van der Waals surface area contributed by atoms with Gasteiger partial charge in [-0.3, -0.25) is 15.5 Å². The largest absolute Gasteiger partial charge is 0.507 e. The topological polar surface area (TPSA) is 198 Å². The fourth-order valence-corrected chi connectivity index (χ4v) is 2.95. The van der Waals surface area contributed by atoms with Crippen LogP contribution in [0.15, 0.2) is 48.8 Å². The maximum Gasteiger partial charge on any atom is 0.411 e. The van der Waals surface area contributed by atoms with Gasteiger partial charge in [0.05, 0.1) is 48.1 Å². The van der Waals surface area contributed by atoms with Gasteiger partial charge in [0.1, 0.15) is 11.5 Å². The lowest BCUT2D eigenvalue weighted by atomic mass is 9.98. The van der Waals surface area contributed by atoms with E-state index in [4.69, 9.17) is 10.7 Å². The summed E-state index contributed by atoms with van der Waals surface area (Å²) in [5.74, 6) is -2.90. The number of ether oxygens (including phenoxy) is 1. The second-order valence-electron chi connectivity index (χ2n) is 6.67. The number of nitriles is 1. The van der Waals surface area contributed by atoms with E-state index >= 15 is 0 Å². The number of benzene rings is 2. The Bertz CT molecular complexity index is 1350. The zero-order chi connectivity index (χ0) is 24.8. The van der Waals surface area contributed by atoms with Gasteiger partial charge >= 0.3 is 12.1 Å². The first-order chi connectivity index (χ1) is 16.2. The molecule has 0 saturated carbocycles. The second kappa shape index (κ2) is 9.88. The Morgan fingerprint density at radius 3 is 2.44 bits per heavy atom. The fraction of sp³-hybridized carbons (Fsp3) is 0.0455. The molecule has 12 nitrogen and oxygen atoms in total. The van der Waals surface area contributed by atoms with E-state index in [0.717, 1.165) is 19.2 Å². The zero-order valence-corrected chi connectivity index (χ0v) is 17.5. The number of carbonyl (C=O) groups excluding carboxylic acids is 2. The Labute approximate surface area is 192 Å². The summed E-state index contributed by atoms with van der Waals surface area (Å²) in [5, 5.41) is 49.3. The zero-order valence-electron chi connectivity index (χ0n) is 17.5. The molecule has 0 spiro atoms. The monoisotopic (exact) mass is 460 g/mol. The van der Waals surface area contributed by atoms with Crippen molar-refractivity contribution >= 4 is 35.1 Å². The summed E-state index contributed by atoms with van der Waals surface area (Å²) in [6.07, 6.45) is 1.95. The van der Waals surface area contributed by atoms with Gasteiger partial charge in [-0.2, -0.15) is 15.5 Å². The summed E-state index contributed by atoms with van der Waals surface area (Å²) in [5.41, 5.74) is -0.418.